The molecule has 0 unspecified atom stereocenters. The predicted molar refractivity (Wildman–Crippen MR) is 37.8 cm³/mol. The molecule has 0 radical (unpaired) electrons. The summed E-state index contributed by atoms with van der Waals surface area (Å²) in [5.41, 5.74) is 0. The molecule has 1 heterocycles. The van der Waals surface area contributed by atoms with Gasteiger partial charge >= 0.3 is 11.9 Å². The van der Waals surface area contributed by atoms with Crippen molar-refractivity contribution in [3.63, 3.8) is 0 Å². The number of hydrogen-bond acceptors (Lipinski definition) is 3. The minimum absolute atomic E-state index is 0.0790. The van der Waals surface area contributed by atoms with Crippen molar-refractivity contribution in [2.24, 2.45) is 0 Å². The van der Waals surface area contributed by atoms with Crippen molar-refractivity contribution < 1.29 is 14.3 Å². The van der Waals surface area contributed by atoms with E-state index in [4.69, 9.17) is 0 Å². The second-order valence-corrected chi connectivity index (χ2v) is 2.73. The van der Waals surface area contributed by atoms with Gasteiger partial charge in [-0.15, -0.1) is 0 Å². The Balaban J connectivity index is 2.66. The molecule has 0 aromatic heterocycles. The van der Waals surface area contributed by atoms with Crippen LogP contribution in [0.1, 0.15) is 13.8 Å². The number of ether oxygens (including phenoxy) is 1. The summed E-state index contributed by atoms with van der Waals surface area (Å²) in [6, 6.07) is 0.0790. The molecule has 0 spiro atoms. The third kappa shape index (κ3) is 1.50. The maximum absolute atomic E-state index is 11.0. The molecule has 1 amide bonds. The van der Waals surface area contributed by atoms with E-state index in [9.17, 15) is 9.59 Å². The van der Waals surface area contributed by atoms with E-state index in [1.165, 1.54) is 4.90 Å². The molecule has 11 heavy (non-hydrogen) atoms. The highest BCUT2D eigenvalue weighted by molar-refractivity contribution is 6.32. The fourth-order valence-electron chi connectivity index (χ4n) is 1.01. The number of nitrogens with zero attached hydrogens (tertiary/aromatic N) is 1. The number of hydrogen-bond donors (Lipinski definition) is 0. The molecular weight excluding hydrogens is 146 g/mol. The Labute approximate surface area is 65.1 Å². The molecule has 1 fully saturated rings. The Bertz CT molecular complexity index is 188. The van der Waals surface area contributed by atoms with Gasteiger partial charge in [0, 0.05) is 6.04 Å². The largest absolute Gasteiger partial charge is 0.457 e. The zero-order valence-electron chi connectivity index (χ0n) is 6.66. The summed E-state index contributed by atoms with van der Waals surface area (Å²) in [5.74, 6) is -1.25. The van der Waals surface area contributed by atoms with Gasteiger partial charge in [0.15, 0.2) is 0 Å². The van der Waals surface area contributed by atoms with Crippen LogP contribution < -0.4 is 0 Å². The van der Waals surface area contributed by atoms with Crippen molar-refractivity contribution in [1.82, 2.24) is 4.90 Å². The van der Waals surface area contributed by atoms with E-state index in [0.29, 0.717) is 13.2 Å². The Morgan fingerprint density at radius 2 is 2.09 bits per heavy atom. The van der Waals surface area contributed by atoms with Crippen LogP contribution in [-0.4, -0.2) is 36.0 Å². The van der Waals surface area contributed by atoms with Gasteiger partial charge in [0.05, 0.1) is 6.54 Å². The fourth-order valence-corrected chi connectivity index (χ4v) is 1.01. The van der Waals surface area contributed by atoms with E-state index in [1.54, 1.807) is 0 Å². The van der Waals surface area contributed by atoms with Gasteiger partial charge in [-0.2, -0.15) is 0 Å². The third-order valence-corrected chi connectivity index (χ3v) is 1.62. The second-order valence-electron chi connectivity index (χ2n) is 2.73. The molecule has 62 valence electrons. The van der Waals surface area contributed by atoms with Crippen LogP contribution >= 0.6 is 0 Å². The van der Waals surface area contributed by atoms with Crippen LogP contribution in [-0.2, 0) is 14.3 Å². The number of esters is 1. The normalized spacial score (nSPS) is 19.0. The summed E-state index contributed by atoms with van der Waals surface area (Å²) in [6.45, 7) is 4.58. The molecule has 4 heteroatoms. The molecule has 0 bridgehead atoms. The molecule has 0 atom stereocenters. The van der Waals surface area contributed by atoms with E-state index in [2.05, 4.69) is 4.74 Å². The van der Waals surface area contributed by atoms with E-state index >= 15 is 0 Å². The maximum Gasteiger partial charge on any atom is 0.397 e. The molecule has 0 N–H and O–H groups in total. The Kier molecular flexibility index (Phi) is 2.12. The van der Waals surface area contributed by atoms with Gasteiger partial charge in [-0.1, -0.05) is 0 Å². The molecule has 0 aromatic rings. The monoisotopic (exact) mass is 157 g/mol. The molecule has 1 rings (SSSR count). The van der Waals surface area contributed by atoms with Crippen molar-refractivity contribution in [3.05, 3.63) is 0 Å². The Morgan fingerprint density at radius 3 is 2.55 bits per heavy atom. The van der Waals surface area contributed by atoms with Gasteiger partial charge in [-0.25, -0.2) is 4.79 Å². The van der Waals surface area contributed by atoms with Crippen LogP contribution in [0.4, 0.5) is 0 Å². The number of carbonyl (C=O) groups is 2. The average Bonchev–Trinajstić information content (AvgIpc) is 1.94. The summed E-state index contributed by atoms with van der Waals surface area (Å²) in [7, 11) is 0. The minimum Gasteiger partial charge on any atom is -0.457 e. The smallest absolute Gasteiger partial charge is 0.397 e. The first kappa shape index (κ1) is 8.04. The lowest BCUT2D eigenvalue weighted by Crippen LogP contribution is -2.48. The van der Waals surface area contributed by atoms with Gasteiger partial charge in [-0.05, 0) is 13.8 Å². The van der Waals surface area contributed by atoms with Crippen molar-refractivity contribution >= 4 is 11.9 Å². The number of morpholine rings is 1. The number of cyclic esters (lactones) is 1. The molecular formula is C7H11NO3. The van der Waals surface area contributed by atoms with Gasteiger partial charge < -0.3 is 9.64 Å². The molecule has 0 aromatic carbocycles. The summed E-state index contributed by atoms with van der Waals surface area (Å²) in [4.78, 5) is 23.2. The molecule has 1 aliphatic heterocycles. The number of carbonyl (C=O) groups excluding carboxylic acids is 2. The first-order chi connectivity index (χ1) is 5.13. The standard InChI is InChI=1S/C7H11NO3/c1-5(2)8-3-4-11-7(10)6(8)9/h5H,3-4H2,1-2H3. The van der Waals surface area contributed by atoms with E-state index < -0.39 is 11.9 Å². The van der Waals surface area contributed by atoms with Gasteiger partial charge in [0.25, 0.3) is 0 Å². The van der Waals surface area contributed by atoms with Crippen LogP contribution in [0.25, 0.3) is 0 Å². The van der Waals surface area contributed by atoms with Crippen LogP contribution in [0.5, 0.6) is 0 Å². The predicted octanol–water partition coefficient (Wildman–Crippen LogP) is -0.220. The van der Waals surface area contributed by atoms with Crippen molar-refractivity contribution in [2.45, 2.75) is 19.9 Å². The minimum atomic E-state index is -0.732. The van der Waals surface area contributed by atoms with Crippen LogP contribution in [0.15, 0.2) is 0 Å². The topological polar surface area (TPSA) is 46.6 Å². The zero-order chi connectivity index (χ0) is 8.43. The van der Waals surface area contributed by atoms with Gasteiger partial charge in [0.2, 0.25) is 0 Å². The molecule has 1 saturated heterocycles. The number of amides is 1. The van der Waals surface area contributed by atoms with Crippen LogP contribution in [0.3, 0.4) is 0 Å². The van der Waals surface area contributed by atoms with Crippen molar-refractivity contribution in [2.75, 3.05) is 13.2 Å². The first-order valence-corrected chi connectivity index (χ1v) is 3.60. The highest BCUT2D eigenvalue weighted by atomic mass is 16.5. The summed E-state index contributed by atoms with van der Waals surface area (Å²) in [6.07, 6.45) is 0. The first-order valence-electron chi connectivity index (χ1n) is 3.60. The highest BCUT2D eigenvalue weighted by Gasteiger charge is 2.29. The van der Waals surface area contributed by atoms with Gasteiger partial charge in [0.1, 0.15) is 6.61 Å². The van der Waals surface area contributed by atoms with E-state index in [0.717, 1.165) is 0 Å². The Morgan fingerprint density at radius 1 is 1.45 bits per heavy atom. The summed E-state index contributed by atoms with van der Waals surface area (Å²) in [5, 5.41) is 0. The van der Waals surface area contributed by atoms with Crippen molar-refractivity contribution in [1.29, 1.82) is 0 Å². The summed E-state index contributed by atoms with van der Waals surface area (Å²) >= 11 is 0. The lowest BCUT2D eigenvalue weighted by atomic mass is 10.3. The summed E-state index contributed by atoms with van der Waals surface area (Å²) < 4.78 is 4.54. The van der Waals surface area contributed by atoms with E-state index in [1.807, 2.05) is 13.8 Å². The Hall–Kier alpha value is -1.06. The maximum atomic E-state index is 11.0. The number of rotatable bonds is 1. The molecule has 4 nitrogen and oxygen atoms in total. The second kappa shape index (κ2) is 2.90. The fraction of sp³-hybridized carbons (Fsp3) is 0.714. The zero-order valence-corrected chi connectivity index (χ0v) is 6.66. The molecule has 0 aliphatic carbocycles. The lowest BCUT2D eigenvalue weighted by Gasteiger charge is -2.28. The quantitative estimate of drug-likeness (QED) is 0.390. The van der Waals surface area contributed by atoms with E-state index in [-0.39, 0.29) is 6.04 Å². The molecule has 1 aliphatic rings. The average molecular weight is 157 g/mol. The van der Waals surface area contributed by atoms with Crippen LogP contribution in [0, 0.1) is 0 Å². The molecule has 0 saturated carbocycles. The third-order valence-electron chi connectivity index (χ3n) is 1.62. The van der Waals surface area contributed by atoms with Gasteiger partial charge in [-0.3, -0.25) is 4.79 Å². The lowest BCUT2D eigenvalue weighted by molar-refractivity contribution is -0.167. The van der Waals surface area contributed by atoms with Crippen LogP contribution in [0.2, 0.25) is 0 Å². The van der Waals surface area contributed by atoms with Crippen molar-refractivity contribution in [3.8, 4) is 0 Å². The SMILES string of the molecule is CC(C)N1CCOC(=O)C1=O. The highest BCUT2D eigenvalue weighted by Crippen LogP contribution is 2.04.